The van der Waals surface area contributed by atoms with Crippen LogP contribution >= 0.6 is 53.7 Å². The van der Waals surface area contributed by atoms with Gasteiger partial charge in [-0.15, -0.1) is 11.3 Å². The van der Waals surface area contributed by atoms with Crippen molar-refractivity contribution in [1.29, 1.82) is 0 Å². The van der Waals surface area contributed by atoms with E-state index in [0.717, 1.165) is 11.1 Å². The number of hydrogen-bond acceptors (Lipinski definition) is 8. The summed E-state index contributed by atoms with van der Waals surface area (Å²) < 4.78 is 31.2. The number of halogens is 3. The van der Waals surface area contributed by atoms with E-state index in [2.05, 4.69) is 6.58 Å². The lowest BCUT2D eigenvalue weighted by Gasteiger charge is -2.30. The molecule has 9 nitrogen and oxygen atoms in total. The Balaban J connectivity index is 2.14. The van der Waals surface area contributed by atoms with E-state index in [0.29, 0.717) is 15.1 Å². The van der Waals surface area contributed by atoms with E-state index in [1.54, 1.807) is 59.7 Å². The monoisotopic (exact) mass is 703 g/mol. The molecule has 0 aliphatic carbocycles. The molecule has 14 heteroatoms. The van der Waals surface area contributed by atoms with E-state index in [1.807, 2.05) is 0 Å². The maximum absolute atomic E-state index is 14.3. The summed E-state index contributed by atoms with van der Waals surface area (Å²) in [4.78, 5) is 52.2. The number of fused-ring (bicyclic) bond motifs is 1. The predicted molar refractivity (Wildman–Crippen MR) is 174 cm³/mol. The van der Waals surface area contributed by atoms with E-state index in [9.17, 15) is 23.8 Å². The zero-order valence-corrected chi connectivity index (χ0v) is 28.9. The van der Waals surface area contributed by atoms with Crippen molar-refractivity contribution in [3.05, 3.63) is 75.2 Å². The summed E-state index contributed by atoms with van der Waals surface area (Å²) in [6, 6.07) is 9.21. The third kappa shape index (κ3) is 8.85. The summed E-state index contributed by atoms with van der Waals surface area (Å²) in [5.41, 5.74) is -3.58. The lowest BCUT2D eigenvalue weighted by atomic mass is 9.97. The van der Waals surface area contributed by atoms with Gasteiger partial charge in [0.2, 0.25) is 6.29 Å². The molecule has 3 unspecified atom stereocenters. The van der Waals surface area contributed by atoms with Crippen molar-refractivity contribution in [2.45, 2.75) is 53.5 Å². The fraction of sp³-hybridized carbons (Fsp3) is 0.367. The SMILES string of the molecule is C=CN(C(=O)C(c1csc2ccc(Cl)cc12)P(=O)(O)OC(COC(=O)C(C)(C)C)OC(=O)C(C)(C)C)c1cc(Cl)cc(Cl)c1. The first-order valence-corrected chi connectivity index (χ1v) is 16.9. The van der Waals surface area contributed by atoms with E-state index < -0.39 is 54.8 Å². The van der Waals surface area contributed by atoms with Gasteiger partial charge < -0.3 is 14.4 Å². The molecule has 0 aliphatic heterocycles. The van der Waals surface area contributed by atoms with Crippen molar-refractivity contribution in [2.24, 2.45) is 10.8 Å². The fourth-order valence-electron chi connectivity index (χ4n) is 3.79. The van der Waals surface area contributed by atoms with Crippen LogP contribution in [0, 0.1) is 10.8 Å². The van der Waals surface area contributed by atoms with Crippen LogP contribution in [-0.2, 0) is 32.9 Å². The Morgan fingerprint density at radius 3 is 2.11 bits per heavy atom. The molecule has 238 valence electrons. The largest absolute Gasteiger partial charge is 0.459 e. The summed E-state index contributed by atoms with van der Waals surface area (Å²) in [5, 5.41) is 2.70. The van der Waals surface area contributed by atoms with E-state index in [1.165, 1.54) is 34.9 Å². The molecule has 1 heterocycles. The van der Waals surface area contributed by atoms with E-state index in [4.69, 9.17) is 48.8 Å². The minimum absolute atomic E-state index is 0.121. The van der Waals surface area contributed by atoms with Crippen LogP contribution in [0.15, 0.2) is 54.6 Å². The highest BCUT2D eigenvalue weighted by Crippen LogP contribution is 2.60. The number of anilines is 1. The number of thiophene rings is 1. The number of carbonyl (C=O) groups is 3. The minimum atomic E-state index is -5.15. The van der Waals surface area contributed by atoms with Gasteiger partial charge in [0.25, 0.3) is 5.91 Å². The first-order chi connectivity index (χ1) is 20.2. The molecule has 0 saturated carbocycles. The van der Waals surface area contributed by atoms with Crippen LogP contribution in [0.5, 0.6) is 0 Å². The fourth-order valence-corrected chi connectivity index (χ4v) is 7.07. The smallest absolute Gasteiger partial charge is 0.348 e. The second-order valence-corrected chi connectivity index (χ2v) is 15.9. The van der Waals surface area contributed by atoms with Crippen LogP contribution in [0.2, 0.25) is 15.1 Å². The predicted octanol–water partition coefficient (Wildman–Crippen LogP) is 8.79. The van der Waals surface area contributed by atoms with Gasteiger partial charge in [-0.05, 0) is 94.3 Å². The maximum atomic E-state index is 14.3. The quantitative estimate of drug-likeness (QED) is 0.126. The molecule has 0 aliphatic rings. The zero-order chi connectivity index (χ0) is 33.2. The maximum Gasteiger partial charge on any atom is 0.348 e. The van der Waals surface area contributed by atoms with Gasteiger partial charge in [-0.1, -0.05) is 41.4 Å². The topological polar surface area (TPSA) is 119 Å². The van der Waals surface area contributed by atoms with Crippen molar-refractivity contribution in [1.82, 2.24) is 0 Å². The first kappa shape index (κ1) is 36.0. The molecule has 0 bridgehead atoms. The molecular formula is C30H33Cl3NO8PS. The molecule has 44 heavy (non-hydrogen) atoms. The molecule has 0 spiro atoms. The van der Waals surface area contributed by atoms with Gasteiger partial charge >= 0.3 is 19.5 Å². The average Bonchev–Trinajstić information content (AvgIpc) is 3.27. The normalized spacial score (nSPS) is 14.8. The van der Waals surface area contributed by atoms with Gasteiger partial charge in [0, 0.05) is 26.0 Å². The first-order valence-electron chi connectivity index (χ1n) is 13.2. The summed E-state index contributed by atoms with van der Waals surface area (Å²) >= 11 is 19.8. The van der Waals surface area contributed by atoms with Crippen LogP contribution in [-0.4, -0.2) is 35.6 Å². The lowest BCUT2D eigenvalue weighted by molar-refractivity contribution is -0.187. The second kappa shape index (κ2) is 13.9. The second-order valence-electron chi connectivity index (χ2n) is 11.9. The number of carbonyl (C=O) groups excluding carboxylic acids is 3. The van der Waals surface area contributed by atoms with Crippen LogP contribution < -0.4 is 4.90 Å². The number of esters is 2. The summed E-state index contributed by atoms with van der Waals surface area (Å²) in [7, 11) is -5.15. The number of ether oxygens (including phenoxy) is 2. The summed E-state index contributed by atoms with van der Waals surface area (Å²) in [6.07, 6.45) is -0.702. The number of nitrogens with zero attached hydrogens (tertiary/aromatic N) is 1. The lowest BCUT2D eigenvalue weighted by Crippen LogP contribution is -2.36. The molecule has 1 amide bonds. The van der Waals surface area contributed by atoms with E-state index >= 15 is 0 Å². The van der Waals surface area contributed by atoms with E-state index in [-0.39, 0.29) is 21.3 Å². The van der Waals surface area contributed by atoms with Crippen LogP contribution in [0.3, 0.4) is 0 Å². The molecule has 3 rings (SSSR count). The highest BCUT2D eigenvalue weighted by Gasteiger charge is 2.46. The Bertz CT molecular complexity index is 1610. The molecular weight excluding hydrogens is 672 g/mol. The number of amides is 1. The van der Waals surface area contributed by atoms with Gasteiger partial charge in [-0.3, -0.25) is 28.4 Å². The molecule has 0 saturated heterocycles. The highest BCUT2D eigenvalue weighted by atomic mass is 35.5. The number of rotatable bonds is 10. The van der Waals surface area contributed by atoms with Crippen molar-refractivity contribution < 1.29 is 37.8 Å². The van der Waals surface area contributed by atoms with Gasteiger partial charge in [0.15, 0.2) is 12.3 Å². The Hall–Kier alpha value is -2.43. The molecule has 0 radical (unpaired) electrons. The molecule has 3 atom stereocenters. The molecule has 2 aromatic carbocycles. The van der Waals surface area contributed by atoms with Crippen molar-refractivity contribution in [2.75, 3.05) is 11.5 Å². The minimum Gasteiger partial charge on any atom is -0.459 e. The number of hydrogen-bond donors (Lipinski definition) is 1. The Morgan fingerprint density at radius 2 is 1.57 bits per heavy atom. The average molecular weight is 705 g/mol. The zero-order valence-electron chi connectivity index (χ0n) is 24.9. The number of benzene rings is 2. The molecule has 1 aromatic heterocycles. The molecule has 3 aromatic rings. The molecule has 1 N–H and O–H groups in total. The Kier molecular flexibility index (Phi) is 11.4. The third-order valence-corrected chi connectivity index (χ3v) is 9.39. The molecule has 0 fully saturated rings. The highest BCUT2D eigenvalue weighted by molar-refractivity contribution is 7.54. The Morgan fingerprint density at radius 1 is 0.977 bits per heavy atom. The van der Waals surface area contributed by atoms with Crippen molar-refractivity contribution in [3.63, 3.8) is 0 Å². The van der Waals surface area contributed by atoms with Crippen molar-refractivity contribution in [3.8, 4) is 0 Å². The third-order valence-electron chi connectivity index (χ3n) is 6.05. The van der Waals surface area contributed by atoms with Crippen LogP contribution in [0.1, 0.15) is 52.8 Å². The van der Waals surface area contributed by atoms with Crippen molar-refractivity contribution >= 4 is 87.4 Å². The summed E-state index contributed by atoms with van der Waals surface area (Å²) in [5.74, 6) is -2.41. The van der Waals surface area contributed by atoms with Gasteiger partial charge in [0.1, 0.15) is 0 Å². The van der Waals surface area contributed by atoms with Gasteiger partial charge in [0.05, 0.1) is 16.5 Å². The van der Waals surface area contributed by atoms with Gasteiger partial charge in [-0.2, -0.15) is 0 Å². The Labute approximate surface area is 275 Å². The van der Waals surface area contributed by atoms with Gasteiger partial charge in [-0.25, -0.2) is 0 Å². The summed E-state index contributed by atoms with van der Waals surface area (Å²) in [6.45, 7) is 12.5. The standard InChI is InChI=1S/C30H33Cl3NO8PS/c1-8-34(20-12-18(32)11-19(33)13-20)26(35)25(22-16-44-23-10-9-17(31)14-21(22)23)43(38,39)42-24(41-28(37)30(5,6)7)15-40-27(36)29(2,3)4/h8-14,16,24-25H,1,15H2,2-7H3,(H,38,39). The van der Waals surface area contributed by atoms with Crippen LogP contribution in [0.25, 0.3) is 10.1 Å². The van der Waals surface area contributed by atoms with Crippen LogP contribution in [0.4, 0.5) is 5.69 Å².